The van der Waals surface area contributed by atoms with Gasteiger partial charge in [-0.3, -0.25) is 15.0 Å². The predicted octanol–water partition coefficient (Wildman–Crippen LogP) is 7.20. The summed E-state index contributed by atoms with van der Waals surface area (Å²) in [6.07, 6.45) is 6.42. The molecule has 238 valence electrons. The first kappa shape index (κ1) is 32.2. The Labute approximate surface area is 268 Å². The molecule has 2 aromatic heterocycles. The molecule has 1 aliphatic rings. The minimum atomic E-state index is -0.250. The van der Waals surface area contributed by atoms with Gasteiger partial charge in [-0.1, -0.05) is 25.2 Å². The molecule has 3 heterocycles. The van der Waals surface area contributed by atoms with Gasteiger partial charge < -0.3 is 24.7 Å². The van der Waals surface area contributed by atoms with E-state index in [1.807, 2.05) is 44.2 Å². The topological polar surface area (TPSA) is 110 Å². The average molecular weight is 631 g/mol. The van der Waals surface area contributed by atoms with Crippen LogP contribution in [0.3, 0.4) is 0 Å². The molecule has 5 rings (SSSR count). The lowest BCUT2D eigenvalue weighted by atomic mass is 10.1. The van der Waals surface area contributed by atoms with Gasteiger partial charge in [-0.05, 0) is 80.8 Å². The summed E-state index contributed by atoms with van der Waals surface area (Å²) in [5.41, 5.74) is 5.67. The number of rotatable bonds is 12. The van der Waals surface area contributed by atoms with E-state index in [-0.39, 0.29) is 18.0 Å². The van der Waals surface area contributed by atoms with E-state index in [1.54, 1.807) is 25.4 Å². The van der Waals surface area contributed by atoms with Crippen LogP contribution < -0.4 is 20.7 Å². The first-order valence-electron chi connectivity index (χ1n) is 15.5. The SMILES string of the molecule is CCC(CC)NC(=O)Nc1ccc(Oc2cnc(NC(=O)c3ccc(-n4ccc5c4CCN(C(C)C)C5)cc3)s2)c(COC)c1. The summed E-state index contributed by atoms with van der Waals surface area (Å²) >= 11 is 1.23. The maximum absolute atomic E-state index is 13.0. The predicted molar refractivity (Wildman–Crippen MR) is 179 cm³/mol. The number of hydrogen-bond donors (Lipinski definition) is 3. The van der Waals surface area contributed by atoms with Crippen molar-refractivity contribution in [3.63, 3.8) is 0 Å². The van der Waals surface area contributed by atoms with Crippen molar-refractivity contribution >= 4 is 34.1 Å². The van der Waals surface area contributed by atoms with Crippen LogP contribution in [-0.4, -0.2) is 52.1 Å². The molecule has 0 bridgehead atoms. The Hall–Kier alpha value is -4.19. The van der Waals surface area contributed by atoms with Gasteiger partial charge >= 0.3 is 6.03 Å². The van der Waals surface area contributed by atoms with E-state index in [1.165, 1.54) is 22.6 Å². The zero-order valence-corrected chi connectivity index (χ0v) is 27.4. The monoisotopic (exact) mass is 630 g/mol. The van der Waals surface area contributed by atoms with Crippen molar-refractivity contribution in [2.24, 2.45) is 0 Å². The zero-order valence-electron chi connectivity index (χ0n) is 26.6. The van der Waals surface area contributed by atoms with Crippen LogP contribution in [0.25, 0.3) is 5.69 Å². The molecule has 0 radical (unpaired) electrons. The second-order valence-electron chi connectivity index (χ2n) is 11.4. The van der Waals surface area contributed by atoms with Crippen molar-refractivity contribution in [3.05, 3.63) is 83.3 Å². The minimum Gasteiger partial charge on any atom is -0.445 e. The van der Waals surface area contributed by atoms with Crippen molar-refractivity contribution in [1.29, 1.82) is 0 Å². The highest BCUT2D eigenvalue weighted by molar-refractivity contribution is 7.17. The van der Waals surface area contributed by atoms with Crippen LogP contribution in [0.15, 0.2) is 60.9 Å². The lowest BCUT2D eigenvalue weighted by molar-refractivity contribution is 0.102. The third kappa shape index (κ3) is 7.91. The second-order valence-corrected chi connectivity index (χ2v) is 12.4. The fraction of sp³-hybridized carbons (Fsp3) is 0.382. The minimum absolute atomic E-state index is 0.123. The number of thiazole rings is 1. The van der Waals surface area contributed by atoms with Crippen LogP contribution in [0.5, 0.6) is 10.8 Å². The number of ether oxygens (including phenoxy) is 2. The molecule has 3 amide bonds. The number of fused-ring (bicyclic) bond motifs is 1. The van der Waals surface area contributed by atoms with Crippen LogP contribution in [-0.2, 0) is 24.3 Å². The summed E-state index contributed by atoms with van der Waals surface area (Å²) in [6.45, 7) is 10.9. The smallest absolute Gasteiger partial charge is 0.319 e. The average Bonchev–Trinajstić information content (AvgIpc) is 3.67. The van der Waals surface area contributed by atoms with Gasteiger partial charge in [-0.2, -0.15) is 0 Å². The van der Waals surface area contributed by atoms with E-state index in [0.29, 0.717) is 39.8 Å². The van der Waals surface area contributed by atoms with Crippen LogP contribution >= 0.6 is 11.3 Å². The number of nitrogens with zero attached hydrogens (tertiary/aromatic N) is 3. The van der Waals surface area contributed by atoms with E-state index in [0.717, 1.165) is 43.6 Å². The Kier molecular flexibility index (Phi) is 10.5. The highest BCUT2D eigenvalue weighted by Crippen LogP contribution is 2.34. The third-order valence-electron chi connectivity index (χ3n) is 8.09. The summed E-state index contributed by atoms with van der Waals surface area (Å²) in [5.74, 6) is 0.329. The zero-order chi connectivity index (χ0) is 31.9. The number of methoxy groups -OCH3 is 1. The molecule has 0 unspecified atom stereocenters. The number of anilines is 2. The van der Waals surface area contributed by atoms with E-state index < -0.39 is 0 Å². The Morgan fingerprint density at radius 1 is 1.04 bits per heavy atom. The molecule has 0 aliphatic carbocycles. The maximum Gasteiger partial charge on any atom is 0.319 e. The normalized spacial score (nSPS) is 13.1. The standard InChI is InChI=1S/C34H42N6O4S/c1-6-26(7-2)36-33(42)37-27-10-13-30(25(18-27)21-43-5)44-31-19-35-34(45-31)38-32(41)23-8-11-28(12-9-23)40-17-14-24-20-39(22(3)4)16-15-29(24)40/h8-14,17-19,22,26H,6-7,15-16,20-21H2,1-5H3,(H,35,38,41)(H2,36,37,42). The fourth-order valence-corrected chi connectivity index (χ4v) is 6.12. The second kappa shape index (κ2) is 14.7. The van der Waals surface area contributed by atoms with Crippen molar-refractivity contribution < 1.29 is 19.1 Å². The molecule has 10 nitrogen and oxygen atoms in total. The summed E-state index contributed by atoms with van der Waals surface area (Å²) in [7, 11) is 1.60. The molecule has 0 saturated carbocycles. The maximum atomic E-state index is 13.0. The number of amides is 3. The molecule has 0 spiro atoms. The van der Waals surface area contributed by atoms with Crippen molar-refractivity contribution in [1.82, 2.24) is 19.8 Å². The molecule has 0 atom stereocenters. The molecular weight excluding hydrogens is 588 g/mol. The van der Waals surface area contributed by atoms with E-state index in [9.17, 15) is 9.59 Å². The Morgan fingerprint density at radius 3 is 2.53 bits per heavy atom. The van der Waals surface area contributed by atoms with Gasteiger partial charge in [-0.25, -0.2) is 9.78 Å². The molecule has 4 aromatic rings. The number of aromatic nitrogens is 2. The largest absolute Gasteiger partial charge is 0.445 e. The summed E-state index contributed by atoms with van der Waals surface area (Å²) in [6, 6.07) is 15.6. The lowest BCUT2D eigenvalue weighted by Gasteiger charge is -2.31. The highest BCUT2D eigenvalue weighted by Gasteiger charge is 2.22. The van der Waals surface area contributed by atoms with Gasteiger partial charge in [0.1, 0.15) is 5.75 Å². The van der Waals surface area contributed by atoms with Gasteiger partial charge in [0.2, 0.25) is 5.06 Å². The number of carbonyl (C=O) groups is 2. The molecule has 2 aromatic carbocycles. The molecule has 0 saturated heterocycles. The van der Waals surface area contributed by atoms with Crippen LogP contribution in [0.1, 0.15) is 67.7 Å². The number of urea groups is 1. The van der Waals surface area contributed by atoms with Gasteiger partial charge in [-0.15, -0.1) is 0 Å². The van der Waals surface area contributed by atoms with Gasteiger partial charge in [0, 0.05) is 73.1 Å². The van der Waals surface area contributed by atoms with Crippen LogP contribution in [0.4, 0.5) is 15.6 Å². The van der Waals surface area contributed by atoms with Crippen molar-refractivity contribution in [2.45, 2.75) is 72.2 Å². The molecular formula is C34H42N6O4S. The number of carbonyl (C=O) groups excluding carboxylic acids is 2. The van der Waals surface area contributed by atoms with E-state index in [2.05, 4.69) is 56.5 Å². The molecule has 11 heteroatoms. The third-order valence-corrected chi connectivity index (χ3v) is 8.88. The number of hydrogen-bond acceptors (Lipinski definition) is 7. The number of benzene rings is 2. The Balaban J connectivity index is 1.20. The van der Waals surface area contributed by atoms with Crippen LogP contribution in [0, 0.1) is 0 Å². The Bertz CT molecular complexity index is 1610. The highest BCUT2D eigenvalue weighted by atomic mass is 32.1. The molecule has 3 N–H and O–H groups in total. The van der Waals surface area contributed by atoms with Crippen molar-refractivity contribution in [3.8, 4) is 16.5 Å². The summed E-state index contributed by atoms with van der Waals surface area (Å²) in [5, 5.41) is 9.67. The first-order chi connectivity index (χ1) is 21.8. The van der Waals surface area contributed by atoms with Crippen molar-refractivity contribution in [2.75, 3.05) is 24.3 Å². The van der Waals surface area contributed by atoms with Crippen LogP contribution in [0.2, 0.25) is 0 Å². The van der Waals surface area contributed by atoms with Gasteiger partial charge in [0.05, 0.1) is 12.8 Å². The summed E-state index contributed by atoms with van der Waals surface area (Å²) < 4.78 is 13.7. The lowest BCUT2D eigenvalue weighted by Crippen LogP contribution is -2.37. The summed E-state index contributed by atoms with van der Waals surface area (Å²) in [4.78, 5) is 32.3. The van der Waals surface area contributed by atoms with Gasteiger partial charge in [0.15, 0.2) is 5.13 Å². The van der Waals surface area contributed by atoms with E-state index in [4.69, 9.17) is 9.47 Å². The molecule has 0 fully saturated rings. The first-order valence-corrected chi connectivity index (χ1v) is 16.3. The molecule has 1 aliphatic heterocycles. The quantitative estimate of drug-likeness (QED) is 0.153. The Morgan fingerprint density at radius 2 is 1.82 bits per heavy atom. The van der Waals surface area contributed by atoms with Gasteiger partial charge in [0.25, 0.3) is 5.91 Å². The fourth-order valence-electron chi connectivity index (χ4n) is 5.45. The van der Waals surface area contributed by atoms with E-state index >= 15 is 0 Å². The number of nitrogens with one attached hydrogen (secondary N) is 3. The molecule has 45 heavy (non-hydrogen) atoms.